The van der Waals surface area contributed by atoms with Crippen LogP contribution in [0.1, 0.15) is 5.69 Å². The molecule has 1 aliphatic rings. The minimum absolute atomic E-state index is 0. The van der Waals surface area contributed by atoms with Crippen molar-refractivity contribution in [1.82, 2.24) is 24.8 Å². The molecule has 0 radical (unpaired) electrons. The molecule has 2 aromatic rings. The average molecular weight is 358 g/mol. The van der Waals surface area contributed by atoms with Crippen molar-refractivity contribution in [2.45, 2.75) is 6.54 Å². The average Bonchev–Trinajstić information content (AvgIpc) is 2.95. The Kier molecular flexibility index (Phi) is 4.00. The fraction of sp³-hybridized carbons (Fsp3) is 0.364. The second kappa shape index (κ2) is 5.51. The lowest BCUT2D eigenvalue weighted by molar-refractivity contribution is 0.532. The maximum absolute atomic E-state index is 4.39. The Labute approximate surface area is 122 Å². The van der Waals surface area contributed by atoms with Gasteiger partial charge in [-0.15, -0.1) is 24.0 Å². The van der Waals surface area contributed by atoms with Crippen LogP contribution in [0.2, 0.25) is 0 Å². The van der Waals surface area contributed by atoms with Gasteiger partial charge in [-0.05, 0) is 6.07 Å². The lowest BCUT2D eigenvalue weighted by atomic mass is 10.4. The van der Waals surface area contributed by atoms with E-state index in [0.717, 1.165) is 30.4 Å². The summed E-state index contributed by atoms with van der Waals surface area (Å²) in [5.74, 6) is 0.946. The number of hydrogen-bond acceptors (Lipinski definition) is 5. The van der Waals surface area contributed by atoms with Gasteiger partial charge in [-0.1, -0.05) is 0 Å². The van der Waals surface area contributed by atoms with E-state index in [1.54, 1.807) is 12.4 Å². The van der Waals surface area contributed by atoms with Gasteiger partial charge in [0.1, 0.15) is 0 Å². The molecule has 3 rings (SSSR count). The van der Waals surface area contributed by atoms with Crippen molar-refractivity contribution in [3.05, 3.63) is 30.2 Å². The molecule has 1 aliphatic heterocycles. The summed E-state index contributed by atoms with van der Waals surface area (Å²) >= 11 is 0. The number of aliphatic imine (C=N–C) groups is 1. The van der Waals surface area contributed by atoms with Gasteiger partial charge in [0, 0.05) is 25.9 Å². The molecule has 3 heterocycles. The molecular weight excluding hydrogens is 343 g/mol. The SMILES string of the molecule is CN1CCN=C1NCc1ccnc2ccnn12.I. The van der Waals surface area contributed by atoms with Gasteiger partial charge < -0.3 is 10.2 Å². The largest absolute Gasteiger partial charge is 0.351 e. The van der Waals surface area contributed by atoms with Crippen LogP contribution in [0.5, 0.6) is 0 Å². The topological polar surface area (TPSA) is 57.8 Å². The Morgan fingerprint density at radius 3 is 3.00 bits per heavy atom. The highest BCUT2D eigenvalue weighted by Crippen LogP contribution is 2.03. The molecule has 6 nitrogen and oxygen atoms in total. The standard InChI is InChI=1S/C11H14N6.HI/c1-16-7-6-13-11(16)14-8-9-2-4-12-10-3-5-15-17(9)10;/h2-5H,6-8H2,1H3,(H,13,14);1H. The van der Waals surface area contributed by atoms with Gasteiger partial charge in [-0.2, -0.15) is 5.10 Å². The molecule has 0 bridgehead atoms. The van der Waals surface area contributed by atoms with Gasteiger partial charge in [0.05, 0.1) is 25.0 Å². The van der Waals surface area contributed by atoms with E-state index in [4.69, 9.17) is 0 Å². The Morgan fingerprint density at radius 1 is 1.33 bits per heavy atom. The maximum Gasteiger partial charge on any atom is 0.194 e. The first-order chi connectivity index (χ1) is 8.34. The van der Waals surface area contributed by atoms with Crippen molar-refractivity contribution in [2.24, 2.45) is 4.99 Å². The van der Waals surface area contributed by atoms with Crippen molar-refractivity contribution in [3.8, 4) is 0 Å². The molecule has 0 unspecified atom stereocenters. The third-order valence-corrected chi connectivity index (χ3v) is 2.85. The minimum Gasteiger partial charge on any atom is -0.351 e. The number of aromatic nitrogens is 3. The maximum atomic E-state index is 4.39. The molecule has 0 spiro atoms. The van der Waals surface area contributed by atoms with Crippen molar-refractivity contribution in [3.63, 3.8) is 0 Å². The minimum atomic E-state index is 0. The number of hydrogen-bond donors (Lipinski definition) is 1. The second-order valence-electron chi connectivity index (χ2n) is 4.02. The van der Waals surface area contributed by atoms with Crippen LogP contribution in [0.4, 0.5) is 0 Å². The van der Waals surface area contributed by atoms with E-state index in [0.29, 0.717) is 6.54 Å². The molecule has 0 atom stereocenters. The van der Waals surface area contributed by atoms with E-state index >= 15 is 0 Å². The third kappa shape index (κ3) is 2.40. The van der Waals surface area contributed by atoms with Crippen molar-refractivity contribution in [2.75, 3.05) is 20.1 Å². The van der Waals surface area contributed by atoms with E-state index < -0.39 is 0 Å². The highest BCUT2D eigenvalue weighted by Gasteiger charge is 2.12. The molecule has 0 aliphatic carbocycles. The van der Waals surface area contributed by atoms with Crippen molar-refractivity contribution >= 4 is 35.6 Å². The van der Waals surface area contributed by atoms with E-state index in [2.05, 4.69) is 25.3 Å². The van der Waals surface area contributed by atoms with Gasteiger partial charge in [-0.3, -0.25) is 4.99 Å². The van der Waals surface area contributed by atoms with Gasteiger partial charge >= 0.3 is 0 Å². The molecule has 96 valence electrons. The summed E-state index contributed by atoms with van der Waals surface area (Å²) in [7, 11) is 2.04. The number of rotatable bonds is 2. The Hall–Kier alpha value is -1.38. The third-order valence-electron chi connectivity index (χ3n) is 2.85. The monoisotopic (exact) mass is 358 g/mol. The first-order valence-corrected chi connectivity index (χ1v) is 5.62. The number of halogens is 1. The van der Waals surface area contributed by atoms with E-state index in [-0.39, 0.29) is 24.0 Å². The smallest absolute Gasteiger partial charge is 0.194 e. The van der Waals surface area contributed by atoms with Gasteiger partial charge in [0.2, 0.25) is 0 Å². The van der Waals surface area contributed by atoms with Crippen LogP contribution in [0, 0.1) is 0 Å². The fourth-order valence-corrected chi connectivity index (χ4v) is 1.91. The summed E-state index contributed by atoms with van der Waals surface area (Å²) in [5, 5.41) is 7.56. The number of nitrogens with one attached hydrogen (secondary N) is 1. The van der Waals surface area contributed by atoms with E-state index in [1.165, 1.54) is 0 Å². The molecule has 0 amide bonds. The summed E-state index contributed by atoms with van der Waals surface area (Å²) in [6.45, 7) is 2.55. The predicted molar refractivity (Wildman–Crippen MR) is 80.2 cm³/mol. The molecule has 0 fully saturated rings. The normalized spacial score (nSPS) is 14.5. The summed E-state index contributed by atoms with van der Waals surface area (Å²) in [4.78, 5) is 10.7. The van der Waals surface area contributed by atoms with Crippen LogP contribution in [0.15, 0.2) is 29.5 Å². The molecule has 7 heteroatoms. The number of fused-ring (bicyclic) bond motifs is 1. The number of guanidine groups is 1. The molecular formula is C11H15IN6. The van der Waals surface area contributed by atoms with E-state index in [9.17, 15) is 0 Å². The molecule has 0 saturated heterocycles. The number of likely N-dealkylation sites (N-methyl/N-ethyl adjacent to an activating group) is 1. The highest BCUT2D eigenvalue weighted by molar-refractivity contribution is 14.0. The first-order valence-electron chi connectivity index (χ1n) is 5.62. The highest BCUT2D eigenvalue weighted by atomic mass is 127. The van der Waals surface area contributed by atoms with E-state index in [1.807, 2.05) is 23.7 Å². The van der Waals surface area contributed by atoms with Crippen LogP contribution >= 0.6 is 24.0 Å². The summed E-state index contributed by atoms with van der Waals surface area (Å²) in [5.41, 5.74) is 1.94. The van der Waals surface area contributed by atoms with Crippen LogP contribution in [-0.4, -0.2) is 45.6 Å². The lowest BCUT2D eigenvalue weighted by Gasteiger charge is -2.15. The first kappa shape index (κ1) is 13.1. The summed E-state index contributed by atoms with van der Waals surface area (Å²) in [6.07, 6.45) is 3.55. The Morgan fingerprint density at radius 2 is 2.22 bits per heavy atom. The molecule has 0 aromatic carbocycles. The van der Waals surface area contributed by atoms with Gasteiger partial charge in [0.15, 0.2) is 11.6 Å². The Bertz CT molecular complexity index is 563. The zero-order valence-electron chi connectivity index (χ0n) is 10.1. The number of nitrogens with zero attached hydrogens (tertiary/aromatic N) is 5. The van der Waals surface area contributed by atoms with Crippen LogP contribution in [0.25, 0.3) is 5.65 Å². The molecule has 1 N–H and O–H groups in total. The van der Waals surface area contributed by atoms with Gasteiger partial charge in [-0.25, -0.2) is 9.50 Å². The second-order valence-corrected chi connectivity index (χ2v) is 4.02. The summed E-state index contributed by atoms with van der Waals surface area (Å²) < 4.78 is 1.84. The molecule has 2 aromatic heterocycles. The fourth-order valence-electron chi connectivity index (χ4n) is 1.91. The van der Waals surface area contributed by atoms with Crippen molar-refractivity contribution < 1.29 is 0 Å². The van der Waals surface area contributed by atoms with Crippen molar-refractivity contribution in [1.29, 1.82) is 0 Å². The van der Waals surface area contributed by atoms with Gasteiger partial charge in [0.25, 0.3) is 0 Å². The van der Waals surface area contributed by atoms with Crippen LogP contribution in [0.3, 0.4) is 0 Å². The lowest BCUT2D eigenvalue weighted by Crippen LogP contribution is -2.35. The van der Waals surface area contributed by atoms with Crippen LogP contribution in [-0.2, 0) is 6.54 Å². The quantitative estimate of drug-likeness (QED) is 0.805. The zero-order valence-corrected chi connectivity index (χ0v) is 12.4. The molecule has 0 saturated carbocycles. The molecule has 18 heavy (non-hydrogen) atoms. The Balaban J connectivity index is 0.00000120. The van der Waals surface area contributed by atoms with Crippen LogP contribution < -0.4 is 5.32 Å². The predicted octanol–water partition coefficient (Wildman–Crippen LogP) is 0.738. The zero-order chi connectivity index (χ0) is 11.7. The summed E-state index contributed by atoms with van der Waals surface area (Å²) in [6, 6.07) is 3.85.